The first-order valence-corrected chi connectivity index (χ1v) is 28.4. The average molecular weight is 1350 g/mol. The molecule has 0 aliphatic heterocycles. The van der Waals surface area contributed by atoms with Crippen LogP contribution in [0.5, 0.6) is 17.6 Å². The van der Waals surface area contributed by atoms with Gasteiger partial charge < -0.3 is 61.9 Å². The highest BCUT2D eigenvalue weighted by atomic mass is 16.4. The third-order valence-corrected chi connectivity index (χ3v) is 14.5. The maximum absolute atomic E-state index is 14.7. The number of carbonyl (C=O) groups is 9. The molecule has 0 spiro atoms. The Morgan fingerprint density at radius 3 is 1.24 bits per heavy atom. The molecular formula is C63H49N15O21. The number of nitrogens with one attached hydrogen (secondary N) is 3. The summed E-state index contributed by atoms with van der Waals surface area (Å²) in [6.45, 7) is 21.1. The number of benzene rings is 4. The number of pyridine rings is 3. The fourth-order valence-electron chi connectivity index (χ4n) is 9.68. The number of carbonyl (C=O) groups excluding carboxylic acids is 3. The second-order valence-corrected chi connectivity index (χ2v) is 20.3. The smallest absolute Gasteiger partial charge is 0.337 e. The Balaban J connectivity index is 1.27. The Morgan fingerprint density at radius 1 is 0.475 bits per heavy atom. The number of carboxylic acid groups (broad SMARTS) is 6. The van der Waals surface area contributed by atoms with Crippen LogP contribution in [0.2, 0.25) is 0 Å². The molecule has 0 unspecified atom stereocenters. The zero-order valence-corrected chi connectivity index (χ0v) is 51.4. The molecule has 0 aliphatic rings. The normalized spacial score (nSPS) is 11.0. The summed E-state index contributed by atoms with van der Waals surface area (Å²) in [4.78, 5) is 162. The highest BCUT2D eigenvalue weighted by Crippen LogP contribution is 2.40. The maximum atomic E-state index is 14.7. The predicted octanol–water partition coefficient (Wildman–Crippen LogP) is 8.10. The van der Waals surface area contributed by atoms with Crippen molar-refractivity contribution in [1.29, 1.82) is 5.26 Å². The van der Waals surface area contributed by atoms with Gasteiger partial charge in [-0.05, 0) is 103 Å². The quantitative estimate of drug-likeness (QED) is 0.0180. The van der Waals surface area contributed by atoms with E-state index in [0.717, 1.165) is 72.8 Å². The SMILES string of the molecule is [C-]#[N+]c1c(CC)c(N=Nc2cc(C(=O)O)ccc2C(=O)O)c(O)n(CCNC(=O)c2ccc(C(=O)NCCn3c(O)c(N=Nc4cc(C(=O)O)ccc4C(=O)O)c(CC)c(C#N)c3=O)cc2C(=O)NC(=C)n2c(O)c(N=Nc3cc(C(=O)O)ccc3C(=O)O)c(CC)c([N+]#[C-])c2=O)c1=O. The molecule has 0 atom stereocenters. The molecule has 3 heterocycles. The van der Waals surface area contributed by atoms with E-state index in [4.69, 9.17) is 13.1 Å². The van der Waals surface area contributed by atoms with E-state index in [-0.39, 0.29) is 40.5 Å². The summed E-state index contributed by atoms with van der Waals surface area (Å²) < 4.78 is 1.43. The third kappa shape index (κ3) is 14.9. The molecule has 0 radical (unpaired) electrons. The number of carboxylic acids is 6. The average Bonchev–Trinajstić information content (AvgIpc) is 0.781. The maximum Gasteiger partial charge on any atom is 0.337 e. The fourth-order valence-corrected chi connectivity index (χ4v) is 9.68. The van der Waals surface area contributed by atoms with Crippen LogP contribution in [-0.4, -0.2) is 126 Å². The second-order valence-electron chi connectivity index (χ2n) is 20.3. The van der Waals surface area contributed by atoms with Crippen LogP contribution in [0.15, 0.2) is 124 Å². The van der Waals surface area contributed by atoms with E-state index in [9.17, 15) is 109 Å². The minimum absolute atomic E-state index is 0.137. The highest BCUT2D eigenvalue weighted by molar-refractivity contribution is 6.10. The van der Waals surface area contributed by atoms with Crippen LogP contribution in [0.3, 0.4) is 0 Å². The number of azo groups is 3. The van der Waals surface area contributed by atoms with Crippen LogP contribution in [0.25, 0.3) is 15.5 Å². The Bertz CT molecular complexity index is 5120. The van der Waals surface area contributed by atoms with Gasteiger partial charge in [-0.3, -0.25) is 37.9 Å². The van der Waals surface area contributed by atoms with E-state index in [1.807, 2.05) is 0 Å². The molecule has 12 N–H and O–H groups in total. The Kier molecular flexibility index (Phi) is 22.1. The summed E-state index contributed by atoms with van der Waals surface area (Å²) in [5.41, 5.74) is -14.1. The van der Waals surface area contributed by atoms with Gasteiger partial charge in [-0.2, -0.15) is 5.26 Å². The van der Waals surface area contributed by atoms with E-state index in [2.05, 4.69) is 62.9 Å². The molecule has 7 aromatic rings. The van der Waals surface area contributed by atoms with Crippen molar-refractivity contribution in [1.82, 2.24) is 29.7 Å². The molecule has 36 heteroatoms. The summed E-state index contributed by atoms with van der Waals surface area (Å²) in [7, 11) is 0. The number of rotatable bonds is 26. The number of aromatic nitrogens is 3. The van der Waals surface area contributed by atoms with Crippen LogP contribution in [-0.2, 0) is 32.4 Å². The van der Waals surface area contributed by atoms with Crippen molar-refractivity contribution in [3.8, 4) is 23.7 Å². The molecule has 7 rings (SSSR count). The van der Waals surface area contributed by atoms with E-state index in [1.165, 1.54) is 20.8 Å². The Morgan fingerprint density at radius 2 is 0.848 bits per heavy atom. The third-order valence-electron chi connectivity index (χ3n) is 14.5. The molecule has 99 heavy (non-hydrogen) atoms. The largest absolute Gasteiger partial charge is 0.493 e. The number of nitrogens with zero attached hydrogens (tertiary/aromatic N) is 12. The molecule has 0 saturated heterocycles. The molecular weight excluding hydrogens is 1300 g/mol. The van der Waals surface area contributed by atoms with Crippen molar-refractivity contribution in [3.05, 3.63) is 206 Å². The van der Waals surface area contributed by atoms with Gasteiger partial charge in [-0.1, -0.05) is 27.4 Å². The topological polar surface area (TPSA) is 544 Å². The van der Waals surface area contributed by atoms with E-state index >= 15 is 0 Å². The molecule has 3 aromatic heterocycles. The van der Waals surface area contributed by atoms with Crippen LogP contribution in [0, 0.1) is 24.5 Å². The lowest BCUT2D eigenvalue weighted by molar-refractivity contribution is 0.0682. The fraction of sp³-hybridized carbons (Fsp3) is 0.159. The number of hydrogen-bond donors (Lipinski definition) is 12. The number of hydrogen-bond acceptors (Lipinski definition) is 22. The predicted molar refractivity (Wildman–Crippen MR) is 340 cm³/mol. The van der Waals surface area contributed by atoms with Gasteiger partial charge >= 0.3 is 35.8 Å². The van der Waals surface area contributed by atoms with Crippen molar-refractivity contribution >= 4 is 105 Å². The van der Waals surface area contributed by atoms with Gasteiger partial charge in [0.2, 0.25) is 17.6 Å². The van der Waals surface area contributed by atoms with Crippen molar-refractivity contribution < 1.29 is 89.1 Å². The summed E-state index contributed by atoms with van der Waals surface area (Å²) in [6, 6.07) is 12.7. The van der Waals surface area contributed by atoms with Gasteiger partial charge in [-0.25, -0.2) is 43.0 Å². The Labute approximate surface area is 553 Å². The lowest BCUT2D eigenvalue weighted by Gasteiger charge is -2.18. The van der Waals surface area contributed by atoms with Crippen LogP contribution in [0.4, 0.5) is 45.5 Å². The first-order valence-electron chi connectivity index (χ1n) is 28.4. The molecule has 502 valence electrons. The van der Waals surface area contributed by atoms with Crippen LogP contribution < -0.4 is 32.6 Å². The van der Waals surface area contributed by atoms with E-state index < -0.39 is 221 Å². The summed E-state index contributed by atoms with van der Waals surface area (Å²) >= 11 is 0. The first kappa shape index (κ1) is 71.8. The van der Waals surface area contributed by atoms with Gasteiger partial charge in [0.05, 0.1) is 57.7 Å². The lowest BCUT2D eigenvalue weighted by atomic mass is 10.0. The number of amides is 3. The summed E-state index contributed by atoms with van der Waals surface area (Å²) in [6.07, 6.45) is -0.508. The zero-order valence-electron chi connectivity index (χ0n) is 51.4. The van der Waals surface area contributed by atoms with Gasteiger partial charge in [-0.15, -0.1) is 30.7 Å². The van der Waals surface area contributed by atoms with Crippen molar-refractivity contribution in [2.75, 3.05) is 13.1 Å². The van der Waals surface area contributed by atoms with E-state index in [1.54, 1.807) is 6.07 Å². The highest BCUT2D eigenvalue weighted by Gasteiger charge is 2.29. The van der Waals surface area contributed by atoms with Crippen molar-refractivity contribution in [2.45, 2.75) is 53.1 Å². The zero-order chi connectivity index (χ0) is 73.0. The van der Waals surface area contributed by atoms with Crippen molar-refractivity contribution in [3.63, 3.8) is 0 Å². The summed E-state index contributed by atoms with van der Waals surface area (Å²) in [5.74, 6) is -16.8. The minimum Gasteiger partial charge on any atom is -0.493 e. The lowest BCUT2D eigenvalue weighted by Crippen LogP contribution is -2.35. The van der Waals surface area contributed by atoms with Gasteiger partial charge in [0.1, 0.15) is 45.9 Å². The monoisotopic (exact) mass is 1350 g/mol. The van der Waals surface area contributed by atoms with Crippen molar-refractivity contribution in [2.24, 2.45) is 30.7 Å². The molecule has 0 bridgehead atoms. The molecule has 4 aromatic carbocycles. The van der Waals surface area contributed by atoms with Gasteiger partial charge in [0.25, 0.3) is 45.8 Å². The molecule has 0 fully saturated rings. The molecule has 36 nitrogen and oxygen atoms in total. The van der Waals surface area contributed by atoms with Gasteiger partial charge in [0, 0.05) is 37.3 Å². The number of nitriles is 1. The molecule has 3 amide bonds. The summed E-state index contributed by atoms with van der Waals surface area (Å²) in [5, 5.41) is 133. The van der Waals surface area contributed by atoms with Crippen LogP contribution in [0.1, 0.15) is 136 Å². The van der Waals surface area contributed by atoms with Crippen LogP contribution >= 0.6 is 0 Å². The minimum atomic E-state index is -1.59. The molecule has 0 aliphatic carbocycles. The Hall–Kier alpha value is -14.6. The van der Waals surface area contributed by atoms with Gasteiger partial charge in [0.15, 0.2) is 5.69 Å². The standard InChI is InChI=1S/C63H49N15O21/c1-7-32-40(26-64)52(82)76(54(84)46(32)73-70-41-23-29(58(88)89)11-15-36(41)61(94)95)20-18-67-49(79)28-10-14-35(50(80)68-19-21-77-53(83)44(65-5)33(8-2)47(55(77)85)74-71-42-24-30(59(90)91)12-16-37(42)62(96)97)39(22-28)51(81)69-27(4)78-56(86)45(66-6)34(9-3)48(57(78)87)75-72-43-25-31(60(92)93)13-17-38(43)63(98)99/h10-17,22-25,84-85,87H,4,7-9,18-21H2,1-3H3,(H,67,79)(H,68,80)(H,69,81)(H,88,89)(H,90,91)(H,92,93)(H,94,95)(H,96,97)(H,98,99). The second kappa shape index (κ2) is 30.4. The number of aromatic carboxylic acids is 6. The van der Waals surface area contributed by atoms with E-state index in [0.29, 0.717) is 9.13 Å². The number of aromatic hydroxyl groups is 3. The first-order chi connectivity index (χ1) is 47.0. The molecule has 0 saturated carbocycles.